The van der Waals surface area contributed by atoms with Crippen molar-refractivity contribution in [3.8, 4) is 11.5 Å². The van der Waals surface area contributed by atoms with Gasteiger partial charge in [-0.2, -0.15) is 8.78 Å². The van der Waals surface area contributed by atoms with Crippen molar-refractivity contribution >= 4 is 5.91 Å². The topological polar surface area (TPSA) is 45.2 Å². The molecular weight excluding hydrogens is 416 g/mol. The Labute approximate surface area is 188 Å². The first-order valence-corrected chi connectivity index (χ1v) is 10.7. The summed E-state index contributed by atoms with van der Waals surface area (Å²) in [7, 11) is 3.29. The largest absolute Gasteiger partial charge is 0.493 e. The molecule has 174 valence electrons. The number of carbonyl (C=O) groups excluding carboxylic acids is 1. The fourth-order valence-corrected chi connectivity index (χ4v) is 3.85. The molecule has 1 heterocycles. The smallest absolute Gasteiger partial charge is 0.387 e. The Kier molecular flexibility index (Phi) is 8.41. The monoisotopic (exact) mass is 447 g/mol. The summed E-state index contributed by atoms with van der Waals surface area (Å²) < 4.78 is 34.7. The van der Waals surface area contributed by atoms with Crippen LogP contribution in [0.2, 0.25) is 0 Å². The van der Waals surface area contributed by atoms with Crippen LogP contribution in [-0.4, -0.2) is 73.6 Å². The highest BCUT2D eigenvalue weighted by atomic mass is 19.3. The van der Waals surface area contributed by atoms with Crippen LogP contribution in [0, 0.1) is 0 Å². The second kappa shape index (κ2) is 11.2. The maximum absolute atomic E-state index is 13.0. The summed E-state index contributed by atoms with van der Waals surface area (Å²) in [6, 6.07) is 14.9. The third-order valence-electron chi connectivity index (χ3n) is 5.83. The van der Waals surface area contributed by atoms with Crippen molar-refractivity contribution in [1.29, 1.82) is 0 Å². The molecule has 0 radical (unpaired) electrons. The minimum absolute atomic E-state index is 0.00796. The zero-order valence-corrected chi connectivity index (χ0v) is 18.8. The normalized spacial score (nSPS) is 15.8. The Balaban J connectivity index is 1.52. The van der Waals surface area contributed by atoms with Crippen LogP contribution in [0.25, 0.3) is 0 Å². The second-order valence-corrected chi connectivity index (χ2v) is 8.04. The van der Waals surface area contributed by atoms with E-state index in [1.54, 1.807) is 12.1 Å². The van der Waals surface area contributed by atoms with Gasteiger partial charge in [-0.25, -0.2) is 0 Å². The van der Waals surface area contributed by atoms with Gasteiger partial charge in [0.15, 0.2) is 11.5 Å². The van der Waals surface area contributed by atoms with Gasteiger partial charge in [0, 0.05) is 39.3 Å². The Hall–Kier alpha value is -2.71. The van der Waals surface area contributed by atoms with Crippen LogP contribution >= 0.6 is 0 Å². The number of hydrogen-bond donors (Lipinski definition) is 0. The van der Waals surface area contributed by atoms with Crippen LogP contribution in [0.15, 0.2) is 48.5 Å². The minimum Gasteiger partial charge on any atom is -0.493 e. The lowest BCUT2D eigenvalue weighted by Gasteiger charge is -2.37. The molecule has 0 aliphatic carbocycles. The lowest BCUT2D eigenvalue weighted by Crippen LogP contribution is -2.53. The summed E-state index contributed by atoms with van der Waals surface area (Å²) in [5.41, 5.74) is 2.12. The van der Waals surface area contributed by atoms with E-state index >= 15 is 0 Å². The van der Waals surface area contributed by atoms with Crippen molar-refractivity contribution < 1.29 is 23.0 Å². The highest BCUT2D eigenvalue weighted by Gasteiger charge is 2.27. The summed E-state index contributed by atoms with van der Waals surface area (Å²) in [6.45, 7) is 3.46. The molecule has 0 N–H and O–H groups in total. The van der Waals surface area contributed by atoms with Gasteiger partial charge in [-0.15, -0.1) is 0 Å². The lowest BCUT2D eigenvalue weighted by atomic mass is 10.1. The number of methoxy groups -OCH3 is 1. The SMILES string of the molecule is COc1cc(CN(C)[C@H](C)C(=O)N2CCN(Cc3ccccc3)CC2)ccc1OC(F)F. The molecule has 0 saturated carbocycles. The molecule has 0 unspecified atom stereocenters. The van der Waals surface area contributed by atoms with Gasteiger partial charge in [0.25, 0.3) is 0 Å². The number of rotatable bonds is 9. The van der Waals surface area contributed by atoms with Gasteiger partial charge in [-0.05, 0) is 37.2 Å². The van der Waals surface area contributed by atoms with E-state index in [0.29, 0.717) is 19.6 Å². The van der Waals surface area contributed by atoms with E-state index in [2.05, 4.69) is 21.8 Å². The summed E-state index contributed by atoms with van der Waals surface area (Å²) in [5.74, 6) is 0.326. The number of piperazine rings is 1. The van der Waals surface area contributed by atoms with Gasteiger partial charge in [-0.1, -0.05) is 36.4 Å². The standard InChI is InChI=1S/C24H31F2N3O3/c1-18(27(2)16-20-9-10-21(32-24(25)26)22(15-20)31-3)23(30)29-13-11-28(12-14-29)17-19-7-5-4-6-8-19/h4-10,15,18,24H,11-14,16-17H2,1-3H3/t18-/m1/s1. The Bertz CT molecular complexity index is 874. The number of nitrogens with zero attached hydrogens (tertiary/aromatic N) is 3. The number of alkyl halides is 2. The molecule has 3 rings (SSSR count). The van der Waals surface area contributed by atoms with Crippen LogP contribution in [0.5, 0.6) is 11.5 Å². The fourth-order valence-electron chi connectivity index (χ4n) is 3.85. The molecular formula is C24H31F2N3O3. The summed E-state index contributed by atoms with van der Waals surface area (Å²) in [5, 5.41) is 0. The van der Waals surface area contributed by atoms with E-state index in [1.807, 2.05) is 42.0 Å². The Morgan fingerprint density at radius 3 is 2.34 bits per heavy atom. The van der Waals surface area contributed by atoms with E-state index in [9.17, 15) is 13.6 Å². The maximum atomic E-state index is 13.0. The zero-order valence-electron chi connectivity index (χ0n) is 18.8. The van der Waals surface area contributed by atoms with E-state index in [0.717, 1.165) is 25.2 Å². The van der Waals surface area contributed by atoms with Gasteiger partial charge in [-0.3, -0.25) is 14.6 Å². The highest BCUT2D eigenvalue weighted by molar-refractivity contribution is 5.81. The summed E-state index contributed by atoms with van der Waals surface area (Å²) in [6.07, 6.45) is 0. The van der Waals surface area contributed by atoms with Crippen LogP contribution in [0.3, 0.4) is 0 Å². The quantitative estimate of drug-likeness (QED) is 0.589. The zero-order chi connectivity index (χ0) is 23.1. The van der Waals surface area contributed by atoms with Gasteiger partial charge in [0.1, 0.15) is 0 Å². The van der Waals surface area contributed by atoms with Crippen molar-refractivity contribution in [3.05, 3.63) is 59.7 Å². The van der Waals surface area contributed by atoms with Gasteiger partial charge >= 0.3 is 6.61 Å². The fraction of sp³-hybridized carbons (Fsp3) is 0.458. The van der Waals surface area contributed by atoms with Gasteiger partial charge < -0.3 is 14.4 Å². The van der Waals surface area contributed by atoms with E-state index in [4.69, 9.17) is 4.74 Å². The number of amides is 1. The van der Waals surface area contributed by atoms with E-state index in [-0.39, 0.29) is 23.4 Å². The second-order valence-electron chi connectivity index (χ2n) is 8.04. The predicted octanol–water partition coefficient (Wildman–Crippen LogP) is 3.46. The number of likely N-dealkylation sites (N-methyl/N-ethyl adjacent to an activating group) is 1. The van der Waals surface area contributed by atoms with Crippen molar-refractivity contribution in [3.63, 3.8) is 0 Å². The molecule has 1 atom stereocenters. The van der Waals surface area contributed by atoms with Crippen molar-refractivity contribution in [2.75, 3.05) is 40.3 Å². The molecule has 1 aliphatic rings. The number of ether oxygens (including phenoxy) is 2. The van der Waals surface area contributed by atoms with E-state index in [1.165, 1.54) is 18.7 Å². The minimum atomic E-state index is -2.91. The first-order chi connectivity index (χ1) is 15.4. The summed E-state index contributed by atoms with van der Waals surface area (Å²) in [4.78, 5) is 19.3. The molecule has 0 aromatic heterocycles. The van der Waals surface area contributed by atoms with Crippen molar-refractivity contribution in [2.45, 2.75) is 32.7 Å². The molecule has 2 aromatic rings. The van der Waals surface area contributed by atoms with Crippen LogP contribution in [0.4, 0.5) is 8.78 Å². The predicted molar refractivity (Wildman–Crippen MR) is 119 cm³/mol. The molecule has 1 amide bonds. The molecule has 1 saturated heterocycles. The molecule has 1 aliphatic heterocycles. The number of halogens is 2. The average molecular weight is 448 g/mol. The number of hydrogen-bond acceptors (Lipinski definition) is 5. The first-order valence-electron chi connectivity index (χ1n) is 10.7. The Morgan fingerprint density at radius 2 is 1.72 bits per heavy atom. The van der Waals surface area contributed by atoms with Crippen molar-refractivity contribution in [2.24, 2.45) is 0 Å². The van der Waals surface area contributed by atoms with Crippen LogP contribution < -0.4 is 9.47 Å². The maximum Gasteiger partial charge on any atom is 0.387 e. The third-order valence-corrected chi connectivity index (χ3v) is 5.83. The lowest BCUT2D eigenvalue weighted by molar-refractivity contribution is -0.138. The molecule has 0 bridgehead atoms. The molecule has 0 spiro atoms. The molecule has 2 aromatic carbocycles. The highest BCUT2D eigenvalue weighted by Crippen LogP contribution is 2.30. The van der Waals surface area contributed by atoms with Gasteiger partial charge in [0.2, 0.25) is 5.91 Å². The third kappa shape index (κ3) is 6.40. The van der Waals surface area contributed by atoms with Gasteiger partial charge in [0.05, 0.1) is 13.2 Å². The molecule has 8 heteroatoms. The van der Waals surface area contributed by atoms with Crippen molar-refractivity contribution in [1.82, 2.24) is 14.7 Å². The molecule has 1 fully saturated rings. The first kappa shape index (κ1) is 23.9. The van der Waals surface area contributed by atoms with Crippen LogP contribution in [-0.2, 0) is 17.9 Å². The number of benzene rings is 2. The van der Waals surface area contributed by atoms with E-state index < -0.39 is 6.61 Å². The Morgan fingerprint density at radius 1 is 1.03 bits per heavy atom. The average Bonchev–Trinajstić information content (AvgIpc) is 2.80. The molecule has 32 heavy (non-hydrogen) atoms. The number of carbonyl (C=O) groups is 1. The summed E-state index contributed by atoms with van der Waals surface area (Å²) >= 11 is 0. The molecule has 6 nitrogen and oxygen atoms in total. The van der Waals surface area contributed by atoms with Crippen LogP contribution in [0.1, 0.15) is 18.1 Å².